The standard InChI is InChI=1S/C13H15NO2S/c1-9-3-2-4-12-13(9)10(8-17(12,15)16)7-14-11-5-6-11/h2-4,8,11,14H,5-7H2,1H3. The van der Waals surface area contributed by atoms with Crippen LogP contribution in [-0.2, 0) is 9.84 Å². The van der Waals surface area contributed by atoms with Crippen molar-refractivity contribution in [2.45, 2.75) is 30.7 Å². The topological polar surface area (TPSA) is 46.2 Å². The first kappa shape index (κ1) is 11.0. The van der Waals surface area contributed by atoms with E-state index >= 15 is 0 Å². The zero-order valence-corrected chi connectivity index (χ0v) is 10.5. The zero-order chi connectivity index (χ0) is 12.0. The molecule has 1 aromatic rings. The van der Waals surface area contributed by atoms with Gasteiger partial charge in [-0.1, -0.05) is 12.1 Å². The number of benzene rings is 1. The van der Waals surface area contributed by atoms with Crippen LogP contribution in [0.3, 0.4) is 0 Å². The molecular weight excluding hydrogens is 234 g/mol. The first-order valence-electron chi connectivity index (χ1n) is 5.87. The van der Waals surface area contributed by atoms with E-state index in [-0.39, 0.29) is 0 Å². The monoisotopic (exact) mass is 249 g/mol. The Hall–Kier alpha value is -1.13. The molecule has 1 aromatic carbocycles. The summed E-state index contributed by atoms with van der Waals surface area (Å²) in [5.74, 6) is 0. The molecule has 0 spiro atoms. The molecule has 3 rings (SSSR count). The van der Waals surface area contributed by atoms with Gasteiger partial charge in [-0.15, -0.1) is 0 Å². The summed E-state index contributed by atoms with van der Waals surface area (Å²) in [6.07, 6.45) is 2.42. The molecule has 0 aromatic heterocycles. The summed E-state index contributed by atoms with van der Waals surface area (Å²) >= 11 is 0. The summed E-state index contributed by atoms with van der Waals surface area (Å²) < 4.78 is 23.9. The van der Waals surface area contributed by atoms with E-state index in [0.29, 0.717) is 17.5 Å². The molecule has 0 radical (unpaired) electrons. The summed E-state index contributed by atoms with van der Waals surface area (Å²) in [7, 11) is -3.21. The fourth-order valence-electron chi connectivity index (χ4n) is 2.27. The lowest BCUT2D eigenvalue weighted by Gasteiger charge is -2.08. The summed E-state index contributed by atoms with van der Waals surface area (Å²) in [5, 5.41) is 4.79. The first-order chi connectivity index (χ1) is 8.08. The second-order valence-electron chi connectivity index (χ2n) is 4.79. The highest BCUT2D eigenvalue weighted by atomic mass is 32.2. The molecule has 17 heavy (non-hydrogen) atoms. The second-order valence-corrected chi connectivity index (χ2v) is 6.56. The molecule has 1 fully saturated rings. The molecular formula is C13H15NO2S. The third-order valence-electron chi connectivity index (χ3n) is 3.32. The van der Waals surface area contributed by atoms with Gasteiger partial charge in [0, 0.05) is 23.6 Å². The minimum absolute atomic E-state index is 0.463. The highest BCUT2D eigenvalue weighted by Gasteiger charge is 2.29. The van der Waals surface area contributed by atoms with Crippen LogP contribution >= 0.6 is 0 Å². The average Bonchev–Trinajstić information content (AvgIpc) is 3.04. The van der Waals surface area contributed by atoms with Crippen LogP contribution in [0.15, 0.2) is 28.5 Å². The van der Waals surface area contributed by atoms with Gasteiger partial charge in [-0.2, -0.15) is 0 Å². The normalized spacial score (nSPS) is 21.1. The number of aryl methyl sites for hydroxylation is 1. The molecule has 1 aliphatic heterocycles. The summed E-state index contributed by atoms with van der Waals surface area (Å²) in [6.45, 7) is 2.62. The van der Waals surface area contributed by atoms with Gasteiger partial charge in [0.1, 0.15) is 0 Å². The Morgan fingerprint density at radius 2 is 2.12 bits per heavy atom. The quantitative estimate of drug-likeness (QED) is 0.889. The number of nitrogens with one attached hydrogen (secondary N) is 1. The van der Waals surface area contributed by atoms with Crippen molar-refractivity contribution < 1.29 is 8.42 Å². The van der Waals surface area contributed by atoms with E-state index < -0.39 is 9.84 Å². The maximum absolute atomic E-state index is 12.0. The van der Waals surface area contributed by atoms with Gasteiger partial charge >= 0.3 is 0 Å². The Bertz CT molecular complexity index is 598. The minimum Gasteiger partial charge on any atom is -0.310 e. The largest absolute Gasteiger partial charge is 0.310 e. The van der Waals surface area contributed by atoms with Gasteiger partial charge in [0.25, 0.3) is 0 Å². The number of hydrogen-bond acceptors (Lipinski definition) is 3. The second kappa shape index (κ2) is 3.68. The summed E-state index contributed by atoms with van der Waals surface area (Å²) in [6, 6.07) is 6.05. The lowest BCUT2D eigenvalue weighted by atomic mass is 10.0. The van der Waals surface area contributed by atoms with Crippen molar-refractivity contribution >= 4 is 15.4 Å². The van der Waals surface area contributed by atoms with Crippen molar-refractivity contribution in [1.29, 1.82) is 0 Å². The molecule has 0 saturated heterocycles. The van der Waals surface area contributed by atoms with Crippen LogP contribution in [0.4, 0.5) is 0 Å². The van der Waals surface area contributed by atoms with E-state index in [1.165, 1.54) is 18.2 Å². The molecule has 0 amide bonds. The molecule has 1 aliphatic carbocycles. The molecule has 2 aliphatic rings. The third-order valence-corrected chi connectivity index (χ3v) is 4.87. The molecule has 1 heterocycles. The first-order valence-corrected chi connectivity index (χ1v) is 7.41. The Kier molecular flexibility index (Phi) is 2.38. The van der Waals surface area contributed by atoms with Crippen LogP contribution in [0.5, 0.6) is 0 Å². The average molecular weight is 249 g/mol. The van der Waals surface area contributed by atoms with Crippen LogP contribution in [0.2, 0.25) is 0 Å². The maximum Gasteiger partial charge on any atom is 0.200 e. The molecule has 4 heteroatoms. The molecule has 0 bridgehead atoms. The van der Waals surface area contributed by atoms with E-state index in [1.54, 1.807) is 12.1 Å². The van der Waals surface area contributed by atoms with E-state index in [1.807, 2.05) is 13.0 Å². The van der Waals surface area contributed by atoms with Gasteiger partial charge in [-0.3, -0.25) is 0 Å². The predicted molar refractivity (Wildman–Crippen MR) is 67.4 cm³/mol. The van der Waals surface area contributed by atoms with Crippen LogP contribution in [-0.4, -0.2) is 21.0 Å². The third kappa shape index (κ3) is 1.91. The van der Waals surface area contributed by atoms with Crippen molar-refractivity contribution in [3.8, 4) is 0 Å². The van der Waals surface area contributed by atoms with Gasteiger partial charge in [-0.25, -0.2) is 8.42 Å². The van der Waals surface area contributed by atoms with E-state index in [9.17, 15) is 8.42 Å². The maximum atomic E-state index is 12.0. The van der Waals surface area contributed by atoms with Crippen molar-refractivity contribution in [1.82, 2.24) is 5.32 Å². The fraction of sp³-hybridized carbons (Fsp3) is 0.385. The van der Waals surface area contributed by atoms with Crippen molar-refractivity contribution in [3.63, 3.8) is 0 Å². The zero-order valence-electron chi connectivity index (χ0n) is 9.73. The van der Waals surface area contributed by atoms with Gasteiger partial charge in [0.05, 0.1) is 4.90 Å². The van der Waals surface area contributed by atoms with E-state index in [0.717, 1.165) is 16.7 Å². The Labute approximate surface area is 101 Å². The Morgan fingerprint density at radius 3 is 2.82 bits per heavy atom. The summed E-state index contributed by atoms with van der Waals surface area (Å²) in [5.41, 5.74) is 2.85. The molecule has 3 nitrogen and oxygen atoms in total. The van der Waals surface area contributed by atoms with Crippen LogP contribution in [0.25, 0.3) is 5.57 Å². The van der Waals surface area contributed by atoms with Gasteiger partial charge in [0.2, 0.25) is 9.84 Å². The minimum atomic E-state index is -3.21. The van der Waals surface area contributed by atoms with Crippen LogP contribution < -0.4 is 5.32 Å². The molecule has 1 saturated carbocycles. The highest BCUT2D eigenvalue weighted by Crippen LogP contribution is 2.35. The predicted octanol–water partition coefficient (Wildman–Crippen LogP) is 1.88. The lowest BCUT2D eigenvalue weighted by molar-refractivity contribution is 0.605. The van der Waals surface area contributed by atoms with Gasteiger partial charge in [-0.05, 0) is 37.0 Å². The number of fused-ring (bicyclic) bond motifs is 1. The van der Waals surface area contributed by atoms with Crippen LogP contribution in [0, 0.1) is 6.92 Å². The molecule has 0 unspecified atom stereocenters. The summed E-state index contributed by atoms with van der Waals surface area (Å²) in [4.78, 5) is 0.463. The van der Waals surface area contributed by atoms with Crippen molar-refractivity contribution in [3.05, 3.63) is 34.7 Å². The number of sulfone groups is 1. The van der Waals surface area contributed by atoms with Crippen molar-refractivity contribution in [2.24, 2.45) is 0 Å². The number of hydrogen-bond donors (Lipinski definition) is 1. The van der Waals surface area contributed by atoms with Crippen molar-refractivity contribution in [2.75, 3.05) is 6.54 Å². The number of rotatable bonds is 3. The highest BCUT2D eigenvalue weighted by molar-refractivity contribution is 7.95. The van der Waals surface area contributed by atoms with Gasteiger partial charge < -0.3 is 5.32 Å². The Morgan fingerprint density at radius 1 is 1.35 bits per heavy atom. The SMILES string of the molecule is Cc1cccc2c1C(CNC1CC1)=CS2(=O)=O. The fourth-order valence-corrected chi connectivity index (χ4v) is 3.82. The molecule has 1 N–H and O–H groups in total. The van der Waals surface area contributed by atoms with E-state index in [2.05, 4.69) is 5.32 Å². The molecule has 0 atom stereocenters. The Balaban J connectivity index is 2.00. The van der Waals surface area contributed by atoms with E-state index in [4.69, 9.17) is 0 Å². The smallest absolute Gasteiger partial charge is 0.200 e. The van der Waals surface area contributed by atoms with Gasteiger partial charge in [0.15, 0.2) is 0 Å². The lowest BCUT2D eigenvalue weighted by Crippen LogP contribution is -2.18. The molecule has 90 valence electrons. The van der Waals surface area contributed by atoms with Crippen LogP contribution in [0.1, 0.15) is 24.0 Å².